The van der Waals surface area contributed by atoms with Gasteiger partial charge in [0.1, 0.15) is 5.69 Å². The van der Waals surface area contributed by atoms with Crippen LogP contribution in [-0.2, 0) is 4.79 Å². The Morgan fingerprint density at radius 3 is 2.25 bits per heavy atom. The maximum atomic E-state index is 8.36. The van der Waals surface area contributed by atoms with Gasteiger partial charge in [0, 0.05) is 0 Å². The van der Waals surface area contributed by atoms with E-state index in [-0.39, 0.29) is 6.47 Å². The summed E-state index contributed by atoms with van der Waals surface area (Å²) in [6, 6.07) is 13.5. The summed E-state index contributed by atoms with van der Waals surface area (Å²) < 4.78 is 0. The van der Waals surface area contributed by atoms with Gasteiger partial charge in [0.2, 0.25) is 0 Å². The fraction of sp³-hybridized carbons (Fsp3) is 0.133. The molecule has 104 valence electrons. The molecule has 0 aromatic heterocycles. The molecular weight excluding hydrogens is 254 g/mol. The minimum atomic E-state index is -0.250. The molecule has 5 heteroatoms. The Kier molecular flexibility index (Phi) is 5.90. The number of carbonyl (C=O) groups is 1. The Hall–Kier alpha value is -2.69. The second-order valence-corrected chi connectivity index (χ2v) is 4.08. The average molecular weight is 271 g/mol. The third-order valence-corrected chi connectivity index (χ3v) is 2.79. The minimum absolute atomic E-state index is 0.250. The molecule has 0 radical (unpaired) electrons. The van der Waals surface area contributed by atoms with Crippen LogP contribution in [0.4, 0.5) is 17.1 Å². The van der Waals surface area contributed by atoms with E-state index in [1.807, 2.05) is 56.3 Å². The van der Waals surface area contributed by atoms with E-state index in [2.05, 4.69) is 10.2 Å². The molecule has 0 unspecified atom stereocenters. The number of nitrogens with zero attached hydrogens (tertiary/aromatic N) is 2. The van der Waals surface area contributed by atoms with Gasteiger partial charge in [-0.1, -0.05) is 24.3 Å². The van der Waals surface area contributed by atoms with Crippen LogP contribution in [0.2, 0.25) is 0 Å². The first-order valence-electron chi connectivity index (χ1n) is 6.00. The van der Waals surface area contributed by atoms with E-state index in [9.17, 15) is 0 Å². The van der Waals surface area contributed by atoms with E-state index >= 15 is 0 Å². The molecule has 0 atom stereocenters. The van der Waals surface area contributed by atoms with Crippen LogP contribution in [0.5, 0.6) is 0 Å². The molecule has 20 heavy (non-hydrogen) atoms. The second kappa shape index (κ2) is 7.68. The van der Waals surface area contributed by atoms with Gasteiger partial charge in [-0.2, -0.15) is 5.11 Å². The summed E-state index contributed by atoms with van der Waals surface area (Å²) in [6.07, 6.45) is 0. The van der Waals surface area contributed by atoms with Crippen LogP contribution >= 0.6 is 0 Å². The summed E-state index contributed by atoms with van der Waals surface area (Å²) >= 11 is 0. The van der Waals surface area contributed by atoms with E-state index in [0.717, 1.165) is 16.9 Å². The highest BCUT2D eigenvalue weighted by atomic mass is 16.3. The fourth-order valence-electron chi connectivity index (χ4n) is 1.52. The van der Waals surface area contributed by atoms with Crippen molar-refractivity contribution in [3.05, 3.63) is 53.6 Å². The number of nitrogen functional groups attached to an aromatic ring is 1. The SMILES string of the molecule is Cc1ccc(N=Nc2ccccc2)c(N)c1C.O=CO. The number of aryl methyl sites for hydroxylation is 1. The van der Waals surface area contributed by atoms with Crippen LogP contribution in [0.3, 0.4) is 0 Å². The van der Waals surface area contributed by atoms with Gasteiger partial charge in [-0.3, -0.25) is 4.79 Å². The van der Waals surface area contributed by atoms with Gasteiger partial charge in [-0.15, -0.1) is 5.11 Å². The van der Waals surface area contributed by atoms with Crippen molar-refractivity contribution in [2.45, 2.75) is 13.8 Å². The van der Waals surface area contributed by atoms with E-state index in [1.165, 1.54) is 5.56 Å². The number of carboxylic acid groups (broad SMARTS) is 1. The standard InChI is InChI=1S/C14H15N3.CH2O2/c1-10-8-9-13(14(15)11(10)2)17-16-12-6-4-3-5-7-12;2-1-3/h3-9H,15H2,1-2H3;1H,(H,2,3). The monoisotopic (exact) mass is 271 g/mol. The van der Waals surface area contributed by atoms with Gasteiger partial charge in [-0.05, 0) is 43.2 Å². The third-order valence-electron chi connectivity index (χ3n) is 2.79. The number of rotatable bonds is 2. The summed E-state index contributed by atoms with van der Waals surface area (Å²) in [5.41, 5.74) is 10.5. The predicted molar refractivity (Wildman–Crippen MR) is 79.6 cm³/mol. The highest BCUT2D eigenvalue weighted by Gasteiger charge is 2.03. The first kappa shape index (κ1) is 15.4. The molecule has 0 saturated carbocycles. The Morgan fingerprint density at radius 1 is 1.05 bits per heavy atom. The van der Waals surface area contributed by atoms with Crippen molar-refractivity contribution in [3.63, 3.8) is 0 Å². The molecule has 0 amide bonds. The number of anilines is 1. The maximum Gasteiger partial charge on any atom is 0.290 e. The first-order valence-corrected chi connectivity index (χ1v) is 6.00. The lowest BCUT2D eigenvalue weighted by Crippen LogP contribution is -1.92. The Labute approximate surface area is 117 Å². The predicted octanol–water partition coefficient (Wildman–Crippen LogP) is 4.00. The molecule has 0 aliphatic heterocycles. The quantitative estimate of drug-likeness (QED) is 0.491. The molecule has 0 saturated heterocycles. The number of hydrogen-bond acceptors (Lipinski definition) is 4. The zero-order chi connectivity index (χ0) is 15.0. The third kappa shape index (κ3) is 4.20. The largest absolute Gasteiger partial charge is 0.483 e. The molecule has 3 N–H and O–H groups in total. The Bertz CT molecular complexity index is 596. The van der Waals surface area contributed by atoms with Gasteiger partial charge in [0.15, 0.2) is 0 Å². The summed E-state index contributed by atoms with van der Waals surface area (Å²) in [4.78, 5) is 8.36. The summed E-state index contributed by atoms with van der Waals surface area (Å²) in [6.45, 7) is 3.77. The molecular formula is C15H17N3O2. The summed E-state index contributed by atoms with van der Waals surface area (Å²) in [7, 11) is 0. The maximum absolute atomic E-state index is 8.36. The van der Waals surface area contributed by atoms with Gasteiger partial charge < -0.3 is 10.8 Å². The average Bonchev–Trinajstić information content (AvgIpc) is 2.46. The molecule has 2 rings (SSSR count). The number of azo groups is 1. The summed E-state index contributed by atoms with van der Waals surface area (Å²) in [5.74, 6) is 0. The van der Waals surface area contributed by atoms with Gasteiger partial charge in [0.25, 0.3) is 6.47 Å². The van der Waals surface area contributed by atoms with Crippen LogP contribution in [-0.4, -0.2) is 11.6 Å². The molecule has 0 spiro atoms. The van der Waals surface area contributed by atoms with Crippen molar-refractivity contribution in [1.82, 2.24) is 0 Å². The molecule has 0 heterocycles. The van der Waals surface area contributed by atoms with Crippen molar-refractivity contribution in [3.8, 4) is 0 Å². The lowest BCUT2D eigenvalue weighted by Gasteiger charge is -2.05. The lowest BCUT2D eigenvalue weighted by atomic mass is 10.1. The molecule has 2 aromatic carbocycles. The fourth-order valence-corrected chi connectivity index (χ4v) is 1.52. The van der Waals surface area contributed by atoms with E-state index in [0.29, 0.717) is 5.69 Å². The molecule has 5 nitrogen and oxygen atoms in total. The van der Waals surface area contributed by atoms with Crippen LogP contribution in [0.15, 0.2) is 52.7 Å². The van der Waals surface area contributed by atoms with Gasteiger partial charge >= 0.3 is 0 Å². The first-order chi connectivity index (χ1) is 9.60. The number of nitrogens with two attached hydrogens (primary N) is 1. The number of hydrogen-bond donors (Lipinski definition) is 2. The molecule has 0 aliphatic rings. The Balaban J connectivity index is 0.000000612. The molecule has 0 fully saturated rings. The van der Waals surface area contributed by atoms with Crippen LogP contribution in [0, 0.1) is 13.8 Å². The van der Waals surface area contributed by atoms with Crippen molar-refractivity contribution in [2.75, 3.05) is 5.73 Å². The smallest absolute Gasteiger partial charge is 0.290 e. The molecule has 0 bridgehead atoms. The molecule has 2 aromatic rings. The van der Waals surface area contributed by atoms with E-state index in [1.54, 1.807) is 0 Å². The highest BCUT2D eigenvalue weighted by molar-refractivity contribution is 5.68. The van der Waals surface area contributed by atoms with Crippen molar-refractivity contribution in [1.29, 1.82) is 0 Å². The van der Waals surface area contributed by atoms with Gasteiger partial charge in [0.05, 0.1) is 11.4 Å². The zero-order valence-electron chi connectivity index (χ0n) is 11.4. The van der Waals surface area contributed by atoms with E-state index < -0.39 is 0 Å². The highest BCUT2D eigenvalue weighted by Crippen LogP contribution is 2.29. The van der Waals surface area contributed by atoms with Gasteiger partial charge in [-0.25, -0.2) is 0 Å². The topological polar surface area (TPSA) is 88.0 Å². The number of benzene rings is 2. The van der Waals surface area contributed by atoms with Crippen LogP contribution in [0.1, 0.15) is 11.1 Å². The second-order valence-electron chi connectivity index (χ2n) is 4.08. The normalized spacial score (nSPS) is 9.90. The summed E-state index contributed by atoms with van der Waals surface area (Å²) in [5, 5.41) is 15.2. The van der Waals surface area contributed by atoms with Crippen LogP contribution < -0.4 is 5.73 Å². The zero-order valence-corrected chi connectivity index (χ0v) is 11.4. The van der Waals surface area contributed by atoms with Crippen molar-refractivity contribution < 1.29 is 9.90 Å². The van der Waals surface area contributed by atoms with E-state index in [4.69, 9.17) is 15.6 Å². The van der Waals surface area contributed by atoms with Crippen molar-refractivity contribution in [2.24, 2.45) is 10.2 Å². The lowest BCUT2D eigenvalue weighted by molar-refractivity contribution is -0.122. The van der Waals surface area contributed by atoms with Crippen LogP contribution in [0.25, 0.3) is 0 Å². The minimum Gasteiger partial charge on any atom is -0.483 e. The van der Waals surface area contributed by atoms with Crippen molar-refractivity contribution >= 4 is 23.5 Å². The molecule has 0 aliphatic carbocycles. The Morgan fingerprint density at radius 2 is 1.65 bits per heavy atom.